The van der Waals surface area contributed by atoms with Crippen molar-refractivity contribution >= 4 is 43.5 Å². The average molecular weight is 373 g/mol. The van der Waals surface area contributed by atoms with Gasteiger partial charge in [-0.3, -0.25) is 4.79 Å². The Labute approximate surface area is 120 Å². The van der Waals surface area contributed by atoms with Gasteiger partial charge in [-0.1, -0.05) is 22.0 Å². The fourth-order valence-electron chi connectivity index (χ4n) is 1.44. The zero-order valence-corrected chi connectivity index (χ0v) is 12.3. The Kier molecular flexibility index (Phi) is 4.14. The van der Waals surface area contributed by atoms with E-state index in [0.717, 1.165) is 4.47 Å². The van der Waals surface area contributed by atoms with E-state index in [1.807, 2.05) is 6.07 Å². The second kappa shape index (κ2) is 5.63. The summed E-state index contributed by atoms with van der Waals surface area (Å²) >= 11 is 6.54. The van der Waals surface area contributed by atoms with Gasteiger partial charge in [0.25, 0.3) is 5.91 Å². The van der Waals surface area contributed by atoms with Crippen LogP contribution in [0.1, 0.15) is 10.4 Å². The van der Waals surface area contributed by atoms with E-state index in [1.165, 1.54) is 18.2 Å². The molecule has 18 heavy (non-hydrogen) atoms. The Morgan fingerprint density at radius 2 is 1.89 bits per heavy atom. The van der Waals surface area contributed by atoms with Gasteiger partial charge in [0.2, 0.25) is 0 Å². The van der Waals surface area contributed by atoms with Crippen LogP contribution in [-0.2, 0) is 0 Å². The summed E-state index contributed by atoms with van der Waals surface area (Å²) in [5.41, 5.74) is 0.903. The SMILES string of the molecule is O=C(Nc1cccc(Br)c1)c1cc(F)ccc1Br. The van der Waals surface area contributed by atoms with E-state index in [2.05, 4.69) is 37.2 Å². The van der Waals surface area contributed by atoms with Crippen LogP contribution in [0.2, 0.25) is 0 Å². The van der Waals surface area contributed by atoms with Crippen LogP contribution >= 0.6 is 31.9 Å². The third kappa shape index (κ3) is 3.17. The van der Waals surface area contributed by atoms with E-state index in [1.54, 1.807) is 18.2 Å². The molecule has 92 valence electrons. The normalized spacial score (nSPS) is 10.2. The highest BCUT2D eigenvalue weighted by molar-refractivity contribution is 9.10. The Bertz CT molecular complexity index is 601. The summed E-state index contributed by atoms with van der Waals surface area (Å²) < 4.78 is 14.5. The number of hydrogen-bond acceptors (Lipinski definition) is 1. The maximum atomic E-state index is 13.1. The first-order chi connectivity index (χ1) is 8.56. The molecule has 1 amide bonds. The molecule has 0 bridgehead atoms. The number of hydrogen-bond donors (Lipinski definition) is 1. The summed E-state index contributed by atoms with van der Waals surface area (Å²) in [5, 5.41) is 2.70. The standard InChI is InChI=1S/C13H8Br2FNO/c14-8-2-1-3-10(6-8)17-13(18)11-7-9(16)4-5-12(11)15/h1-7H,(H,17,18). The van der Waals surface area contributed by atoms with E-state index >= 15 is 0 Å². The number of benzene rings is 2. The number of carbonyl (C=O) groups excluding carboxylic acids is 1. The van der Waals surface area contributed by atoms with E-state index in [9.17, 15) is 9.18 Å². The number of amides is 1. The first kappa shape index (κ1) is 13.2. The molecule has 0 aliphatic carbocycles. The maximum absolute atomic E-state index is 13.1. The lowest BCUT2D eigenvalue weighted by atomic mass is 10.2. The van der Waals surface area contributed by atoms with Crippen LogP contribution in [-0.4, -0.2) is 5.91 Å². The largest absolute Gasteiger partial charge is 0.322 e. The summed E-state index contributed by atoms with van der Waals surface area (Å²) in [6.07, 6.45) is 0. The minimum Gasteiger partial charge on any atom is -0.322 e. The molecule has 2 nitrogen and oxygen atoms in total. The fraction of sp³-hybridized carbons (Fsp3) is 0. The molecule has 0 fully saturated rings. The number of rotatable bonds is 2. The van der Waals surface area contributed by atoms with Gasteiger partial charge in [-0.15, -0.1) is 0 Å². The molecule has 0 heterocycles. The maximum Gasteiger partial charge on any atom is 0.256 e. The van der Waals surface area contributed by atoms with E-state index in [4.69, 9.17) is 0 Å². The number of halogens is 3. The first-order valence-corrected chi connectivity index (χ1v) is 6.67. The Morgan fingerprint density at radius 1 is 1.11 bits per heavy atom. The molecule has 0 aliphatic rings. The van der Waals surface area contributed by atoms with Crippen molar-refractivity contribution in [3.63, 3.8) is 0 Å². The fourth-order valence-corrected chi connectivity index (χ4v) is 2.26. The van der Waals surface area contributed by atoms with Crippen molar-refractivity contribution in [1.82, 2.24) is 0 Å². The second-order valence-electron chi connectivity index (χ2n) is 3.59. The van der Waals surface area contributed by atoms with Crippen LogP contribution in [0.5, 0.6) is 0 Å². The molecule has 0 saturated carbocycles. The van der Waals surface area contributed by atoms with Crippen LogP contribution < -0.4 is 5.32 Å². The topological polar surface area (TPSA) is 29.1 Å². The van der Waals surface area contributed by atoms with Crippen LogP contribution in [0.4, 0.5) is 10.1 Å². The smallest absolute Gasteiger partial charge is 0.256 e. The highest BCUT2D eigenvalue weighted by Crippen LogP contribution is 2.21. The van der Waals surface area contributed by atoms with Gasteiger partial charge >= 0.3 is 0 Å². The second-order valence-corrected chi connectivity index (χ2v) is 5.36. The number of nitrogens with one attached hydrogen (secondary N) is 1. The van der Waals surface area contributed by atoms with Gasteiger partial charge in [-0.2, -0.15) is 0 Å². The van der Waals surface area contributed by atoms with Gasteiger partial charge < -0.3 is 5.32 Å². The average Bonchev–Trinajstić information content (AvgIpc) is 2.32. The zero-order valence-electron chi connectivity index (χ0n) is 9.08. The molecule has 5 heteroatoms. The van der Waals surface area contributed by atoms with Gasteiger partial charge in [0.15, 0.2) is 0 Å². The molecule has 0 spiro atoms. The van der Waals surface area contributed by atoms with Crippen molar-refractivity contribution in [1.29, 1.82) is 0 Å². The number of carbonyl (C=O) groups is 1. The minimum absolute atomic E-state index is 0.259. The lowest BCUT2D eigenvalue weighted by molar-refractivity contribution is 0.102. The van der Waals surface area contributed by atoms with Crippen molar-refractivity contribution in [3.05, 3.63) is 62.8 Å². The Hall–Kier alpha value is -1.20. The van der Waals surface area contributed by atoms with Crippen LogP contribution in [0.3, 0.4) is 0 Å². The Balaban J connectivity index is 2.24. The molecule has 2 rings (SSSR count). The predicted molar refractivity (Wildman–Crippen MR) is 76.2 cm³/mol. The van der Waals surface area contributed by atoms with Gasteiger partial charge in [0, 0.05) is 14.6 Å². The van der Waals surface area contributed by atoms with Crippen molar-refractivity contribution < 1.29 is 9.18 Å². The summed E-state index contributed by atoms with van der Waals surface area (Å²) in [7, 11) is 0. The summed E-state index contributed by atoms with van der Waals surface area (Å²) in [6.45, 7) is 0. The van der Waals surface area contributed by atoms with E-state index < -0.39 is 5.82 Å². The molecule has 1 N–H and O–H groups in total. The molecule has 0 unspecified atom stereocenters. The van der Waals surface area contributed by atoms with Crippen LogP contribution in [0, 0.1) is 5.82 Å². The molecular formula is C13H8Br2FNO. The van der Waals surface area contributed by atoms with Crippen molar-refractivity contribution in [2.24, 2.45) is 0 Å². The quantitative estimate of drug-likeness (QED) is 0.819. The molecule has 0 aromatic heterocycles. The molecule has 2 aromatic carbocycles. The lowest BCUT2D eigenvalue weighted by Crippen LogP contribution is -2.12. The third-order valence-electron chi connectivity index (χ3n) is 2.26. The molecule has 0 atom stereocenters. The predicted octanol–water partition coefficient (Wildman–Crippen LogP) is 4.60. The summed E-state index contributed by atoms with van der Waals surface area (Å²) in [6, 6.07) is 11.2. The minimum atomic E-state index is -0.447. The van der Waals surface area contributed by atoms with Gasteiger partial charge in [0.1, 0.15) is 5.82 Å². The highest BCUT2D eigenvalue weighted by Gasteiger charge is 2.11. The van der Waals surface area contributed by atoms with Crippen LogP contribution in [0.15, 0.2) is 51.4 Å². The van der Waals surface area contributed by atoms with Gasteiger partial charge in [-0.05, 0) is 52.3 Å². The van der Waals surface area contributed by atoms with Gasteiger partial charge in [-0.25, -0.2) is 4.39 Å². The van der Waals surface area contributed by atoms with Gasteiger partial charge in [0.05, 0.1) is 5.56 Å². The molecular weight excluding hydrogens is 365 g/mol. The zero-order chi connectivity index (χ0) is 13.1. The summed E-state index contributed by atoms with van der Waals surface area (Å²) in [4.78, 5) is 12.0. The first-order valence-electron chi connectivity index (χ1n) is 5.08. The van der Waals surface area contributed by atoms with E-state index in [-0.39, 0.29) is 11.5 Å². The molecule has 0 aliphatic heterocycles. The Morgan fingerprint density at radius 3 is 2.61 bits per heavy atom. The number of anilines is 1. The van der Waals surface area contributed by atoms with Crippen molar-refractivity contribution in [2.45, 2.75) is 0 Å². The summed E-state index contributed by atoms with van der Waals surface area (Å²) in [5.74, 6) is -0.808. The highest BCUT2D eigenvalue weighted by atomic mass is 79.9. The van der Waals surface area contributed by atoms with Crippen molar-refractivity contribution in [2.75, 3.05) is 5.32 Å². The van der Waals surface area contributed by atoms with E-state index in [0.29, 0.717) is 10.2 Å². The third-order valence-corrected chi connectivity index (χ3v) is 3.44. The molecule has 2 aromatic rings. The monoisotopic (exact) mass is 371 g/mol. The lowest BCUT2D eigenvalue weighted by Gasteiger charge is -2.07. The van der Waals surface area contributed by atoms with Crippen LogP contribution in [0.25, 0.3) is 0 Å². The van der Waals surface area contributed by atoms with Crippen molar-refractivity contribution in [3.8, 4) is 0 Å². The molecule has 0 saturated heterocycles. The molecule has 0 radical (unpaired) electrons.